The molecule has 0 aliphatic carbocycles. The summed E-state index contributed by atoms with van der Waals surface area (Å²) in [6.07, 6.45) is 1.29. The Balaban J connectivity index is 2.01. The summed E-state index contributed by atoms with van der Waals surface area (Å²) in [5, 5.41) is 9.46. The standard InChI is InChI=1S/C14H16ClNO3S/c1-9(20-11-6-4-10(15)5-7-11)13(17)16-8-2-3-12(16)14(18)19/h4-7,9,12H,2-3,8H2,1H3,(H,18,19). The van der Waals surface area contributed by atoms with Crippen LogP contribution >= 0.6 is 23.4 Å². The average molecular weight is 314 g/mol. The molecule has 0 radical (unpaired) electrons. The fourth-order valence-corrected chi connectivity index (χ4v) is 3.35. The summed E-state index contributed by atoms with van der Waals surface area (Å²) in [7, 11) is 0. The number of nitrogens with zero attached hydrogens (tertiary/aromatic N) is 1. The molecule has 1 amide bonds. The number of halogens is 1. The summed E-state index contributed by atoms with van der Waals surface area (Å²) >= 11 is 7.24. The van der Waals surface area contributed by atoms with Crippen molar-refractivity contribution < 1.29 is 14.7 Å². The molecule has 0 saturated carbocycles. The van der Waals surface area contributed by atoms with Crippen LogP contribution in [0.1, 0.15) is 19.8 Å². The van der Waals surface area contributed by atoms with Crippen molar-refractivity contribution in [1.82, 2.24) is 4.90 Å². The van der Waals surface area contributed by atoms with Crippen LogP contribution in [0.15, 0.2) is 29.2 Å². The predicted octanol–water partition coefficient (Wildman–Crippen LogP) is 2.90. The molecule has 1 saturated heterocycles. The summed E-state index contributed by atoms with van der Waals surface area (Å²) in [6.45, 7) is 2.33. The fourth-order valence-electron chi connectivity index (χ4n) is 2.29. The summed E-state index contributed by atoms with van der Waals surface area (Å²) in [4.78, 5) is 25.9. The molecule has 1 heterocycles. The van der Waals surface area contributed by atoms with Crippen molar-refractivity contribution in [2.45, 2.75) is 36.0 Å². The molecular formula is C14H16ClNO3S. The zero-order chi connectivity index (χ0) is 14.7. The van der Waals surface area contributed by atoms with E-state index in [0.29, 0.717) is 18.0 Å². The van der Waals surface area contributed by atoms with Crippen LogP contribution in [-0.4, -0.2) is 39.7 Å². The Bertz CT molecular complexity index is 506. The van der Waals surface area contributed by atoms with Crippen LogP contribution in [0.2, 0.25) is 5.02 Å². The number of rotatable bonds is 4. The SMILES string of the molecule is CC(Sc1ccc(Cl)cc1)C(=O)N1CCCC1C(=O)O. The number of carboxylic acids is 1. The first-order valence-corrected chi connectivity index (χ1v) is 7.70. The Labute approximate surface area is 127 Å². The normalized spacial score (nSPS) is 19.9. The Hall–Kier alpha value is -1.20. The Morgan fingerprint density at radius 3 is 2.65 bits per heavy atom. The van der Waals surface area contributed by atoms with Gasteiger partial charge in [-0.1, -0.05) is 11.6 Å². The quantitative estimate of drug-likeness (QED) is 0.868. The van der Waals surface area contributed by atoms with E-state index < -0.39 is 12.0 Å². The van der Waals surface area contributed by atoms with E-state index in [1.807, 2.05) is 12.1 Å². The van der Waals surface area contributed by atoms with Crippen LogP contribution in [0.5, 0.6) is 0 Å². The van der Waals surface area contributed by atoms with Crippen molar-refractivity contribution in [1.29, 1.82) is 0 Å². The van der Waals surface area contributed by atoms with Crippen LogP contribution in [0.4, 0.5) is 0 Å². The molecule has 1 aliphatic rings. The molecule has 1 aromatic carbocycles. The number of carbonyl (C=O) groups excluding carboxylic acids is 1. The lowest BCUT2D eigenvalue weighted by molar-refractivity contribution is -0.147. The van der Waals surface area contributed by atoms with Gasteiger partial charge in [0, 0.05) is 16.5 Å². The number of hydrogen-bond acceptors (Lipinski definition) is 3. The molecule has 0 aromatic heterocycles. The van der Waals surface area contributed by atoms with Gasteiger partial charge < -0.3 is 10.0 Å². The Morgan fingerprint density at radius 1 is 1.40 bits per heavy atom. The summed E-state index contributed by atoms with van der Waals surface area (Å²) < 4.78 is 0. The highest BCUT2D eigenvalue weighted by Gasteiger charge is 2.35. The maximum Gasteiger partial charge on any atom is 0.326 e. The van der Waals surface area contributed by atoms with Crippen molar-refractivity contribution in [2.75, 3.05) is 6.54 Å². The lowest BCUT2D eigenvalue weighted by Gasteiger charge is -2.24. The molecule has 6 heteroatoms. The van der Waals surface area contributed by atoms with E-state index in [1.165, 1.54) is 16.7 Å². The number of thioether (sulfide) groups is 1. The van der Waals surface area contributed by atoms with Crippen molar-refractivity contribution in [2.24, 2.45) is 0 Å². The van der Waals surface area contributed by atoms with Gasteiger partial charge >= 0.3 is 5.97 Å². The molecule has 1 aromatic rings. The van der Waals surface area contributed by atoms with Crippen LogP contribution in [0.3, 0.4) is 0 Å². The van der Waals surface area contributed by atoms with Gasteiger partial charge in [-0.15, -0.1) is 11.8 Å². The zero-order valence-corrected chi connectivity index (χ0v) is 12.7. The number of carboxylic acid groups (broad SMARTS) is 1. The van der Waals surface area contributed by atoms with Crippen molar-refractivity contribution in [3.63, 3.8) is 0 Å². The number of hydrogen-bond donors (Lipinski definition) is 1. The van der Waals surface area contributed by atoms with Crippen molar-refractivity contribution in [3.05, 3.63) is 29.3 Å². The van der Waals surface area contributed by atoms with Gasteiger partial charge in [0.1, 0.15) is 6.04 Å². The number of carbonyl (C=O) groups is 2. The third kappa shape index (κ3) is 3.46. The third-order valence-corrected chi connectivity index (χ3v) is 4.65. The van der Waals surface area contributed by atoms with Crippen LogP contribution in [0.25, 0.3) is 0 Å². The van der Waals surface area contributed by atoms with E-state index in [-0.39, 0.29) is 11.2 Å². The molecule has 2 atom stereocenters. The molecule has 1 fully saturated rings. The molecular weight excluding hydrogens is 298 g/mol. The fraction of sp³-hybridized carbons (Fsp3) is 0.429. The first-order valence-electron chi connectivity index (χ1n) is 6.44. The molecule has 4 nitrogen and oxygen atoms in total. The minimum absolute atomic E-state index is 0.116. The number of benzene rings is 1. The highest BCUT2D eigenvalue weighted by molar-refractivity contribution is 8.00. The lowest BCUT2D eigenvalue weighted by Crippen LogP contribution is -2.43. The third-order valence-electron chi connectivity index (χ3n) is 3.30. The van der Waals surface area contributed by atoms with Gasteiger partial charge in [-0.25, -0.2) is 4.79 Å². The zero-order valence-electron chi connectivity index (χ0n) is 11.1. The van der Waals surface area contributed by atoms with E-state index >= 15 is 0 Å². The second kappa shape index (κ2) is 6.50. The van der Waals surface area contributed by atoms with Crippen LogP contribution < -0.4 is 0 Å². The maximum atomic E-state index is 12.3. The highest BCUT2D eigenvalue weighted by Crippen LogP contribution is 2.28. The number of amides is 1. The lowest BCUT2D eigenvalue weighted by atomic mass is 10.2. The minimum Gasteiger partial charge on any atom is -0.480 e. The van der Waals surface area contributed by atoms with Crippen LogP contribution in [-0.2, 0) is 9.59 Å². The van der Waals surface area contributed by atoms with Gasteiger partial charge in [0.15, 0.2) is 0 Å². The molecule has 1 N–H and O–H groups in total. The maximum absolute atomic E-state index is 12.3. The first-order chi connectivity index (χ1) is 9.49. The average Bonchev–Trinajstić information content (AvgIpc) is 2.90. The summed E-state index contributed by atoms with van der Waals surface area (Å²) in [5.74, 6) is -1.03. The van der Waals surface area contributed by atoms with Crippen molar-refractivity contribution in [3.8, 4) is 0 Å². The summed E-state index contributed by atoms with van der Waals surface area (Å²) in [5.41, 5.74) is 0. The van der Waals surface area contributed by atoms with Gasteiger partial charge in [0.25, 0.3) is 0 Å². The van der Waals surface area contributed by atoms with Gasteiger partial charge in [-0.05, 0) is 44.0 Å². The second-order valence-electron chi connectivity index (χ2n) is 4.74. The molecule has 1 aliphatic heterocycles. The van der Waals surface area contributed by atoms with E-state index in [9.17, 15) is 9.59 Å². The van der Waals surface area contributed by atoms with Gasteiger partial charge in [0.2, 0.25) is 5.91 Å². The largest absolute Gasteiger partial charge is 0.480 e. The molecule has 2 rings (SSSR count). The van der Waals surface area contributed by atoms with E-state index in [4.69, 9.17) is 16.7 Å². The number of likely N-dealkylation sites (tertiary alicyclic amines) is 1. The molecule has 20 heavy (non-hydrogen) atoms. The minimum atomic E-state index is -0.917. The summed E-state index contributed by atoms with van der Waals surface area (Å²) in [6, 6.07) is 6.59. The molecule has 108 valence electrons. The Kier molecular flexibility index (Phi) is 4.94. The Morgan fingerprint density at radius 2 is 2.05 bits per heavy atom. The first kappa shape index (κ1) is 15.2. The van der Waals surface area contributed by atoms with Crippen molar-refractivity contribution >= 4 is 35.2 Å². The highest BCUT2D eigenvalue weighted by atomic mass is 35.5. The monoisotopic (exact) mass is 313 g/mol. The van der Waals surface area contributed by atoms with Crippen LogP contribution in [0, 0.1) is 0 Å². The predicted molar refractivity (Wildman–Crippen MR) is 79.1 cm³/mol. The van der Waals surface area contributed by atoms with E-state index in [0.717, 1.165) is 11.3 Å². The van der Waals surface area contributed by atoms with E-state index in [2.05, 4.69) is 0 Å². The second-order valence-corrected chi connectivity index (χ2v) is 6.59. The molecule has 2 unspecified atom stereocenters. The molecule has 0 bridgehead atoms. The number of aliphatic carboxylic acids is 1. The molecule has 0 spiro atoms. The van der Waals surface area contributed by atoms with Gasteiger partial charge in [-0.2, -0.15) is 0 Å². The van der Waals surface area contributed by atoms with Gasteiger partial charge in [0.05, 0.1) is 5.25 Å². The van der Waals surface area contributed by atoms with E-state index in [1.54, 1.807) is 19.1 Å². The topological polar surface area (TPSA) is 57.6 Å². The smallest absolute Gasteiger partial charge is 0.326 e. The van der Waals surface area contributed by atoms with Gasteiger partial charge in [-0.3, -0.25) is 4.79 Å².